The molecule has 1 heterocycles. The second kappa shape index (κ2) is 11.4. The highest BCUT2D eigenvalue weighted by molar-refractivity contribution is 7.99. The van der Waals surface area contributed by atoms with Crippen LogP contribution < -0.4 is 10.1 Å². The van der Waals surface area contributed by atoms with E-state index in [-0.39, 0.29) is 5.91 Å². The number of benzene rings is 1. The summed E-state index contributed by atoms with van der Waals surface area (Å²) in [5.74, 6) is 2.37. The number of hydrogen-bond acceptors (Lipinski definition) is 5. The molecule has 31 heavy (non-hydrogen) atoms. The quantitative estimate of drug-likeness (QED) is 0.413. The number of aromatic nitrogens is 3. The zero-order valence-electron chi connectivity index (χ0n) is 18.9. The zero-order chi connectivity index (χ0) is 22.2. The van der Waals surface area contributed by atoms with Gasteiger partial charge in [0.25, 0.3) is 0 Å². The van der Waals surface area contributed by atoms with Gasteiger partial charge in [-0.25, -0.2) is 0 Å². The number of carbonyl (C=O) groups excluding carboxylic acids is 1. The predicted octanol–water partition coefficient (Wildman–Crippen LogP) is 5.02. The van der Waals surface area contributed by atoms with Gasteiger partial charge in [0.2, 0.25) is 5.91 Å². The van der Waals surface area contributed by atoms with Crippen LogP contribution in [0.3, 0.4) is 0 Å². The van der Waals surface area contributed by atoms with E-state index in [1.165, 1.54) is 36.6 Å². The van der Waals surface area contributed by atoms with E-state index >= 15 is 0 Å². The van der Waals surface area contributed by atoms with Gasteiger partial charge in [-0.15, -0.1) is 16.8 Å². The second-order valence-electron chi connectivity index (χ2n) is 8.47. The maximum atomic E-state index is 12.4. The van der Waals surface area contributed by atoms with Gasteiger partial charge < -0.3 is 10.1 Å². The fraction of sp³-hybridized carbons (Fsp3) is 0.542. The van der Waals surface area contributed by atoms with Gasteiger partial charge in [-0.05, 0) is 42.9 Å². The first-order valence-electron chi connectivity index (χ1n) is 11.2. The minimum absolute atomic E-state index is 0.0594. The van der Waals surface area contributed by atoms with Crippen molar-refractivity contribution < 1.29 is 9.53 Å². The van der Waals surface area contributed by atoms with E-state index in [2.05, 4.69) is 61.1 Å². The molecule has 1 N–H and O–H groups in total. The number of allylic oxidation sites excluding steroid dienone is 1. The molecule has 1 aromatic carbocycles. The van der Waals surface area contributed by atoms with Crippen LogP contribution in [0.1, 0.15) is 68.8 Å². The van der Waals surface area contributed by atoms with Gasteiger partial charge in [0.05, 0.1) is 5.75 Å². The lowest BCUT2D eigenvalue weighted by Gasteiger charge is -2.22. The Balaban J connectivity index is 1.63. The van der Waals surface area contributed by atoms with Crippen molar-refractivity contribution in [2.45, 2.75) is 83.1 Å². The van der Waals surface area contributed by atoms with Crippen LogP contribution in [0.4, 0.5) is 0 Å². The van der Waals surface area contributed by atoms with Crippen LogP contribution in [0.2, 0.25) is 0 Å². The SMILES string of the molecule is C=CCn1c(COc2cc(C)ccc2C(C)C)nnc1SCC(=O)NC1CCCCC1. The summed E-state index contributed by atoms with van der Waals surface area (Å²) in [6, 6.07) is 6.61. The summed E-state index contributed by atoms with van der Waals surface area (Å²) in [5, 5.41) is 12.5. The zero-order valence-corrected chi connectivity index (χ0v) is 19.7. The Morgan fingerprint density at radius 3 is 2.81 bits per heavy atom. The summed E-state index contributed by atoms with van der Waals surface area (Å²) >= 11 is 1.41. The third-order valence-electron chi connectivity index (χ3n) is 5.56. The van der Waals surface area contributed by atoms with E-state index in [1.807, 2.05) is 10.6 Å². The maximum Gasteiger partial charge on any atom is 0.230 e. The molecule has 6 nitrogen and oxygen atoms in total. The topological polar surface area (TPSA) is 69.0 Å². The average molecular weight is 443 g/mol. The van der Waals surface area contributed by atoms with Crippen molar-refractivity contribution in [3.05, 3.63) is 47.8 Å². The maximum absolute atomic E-state index is 12.4. The van der Waals surface area contributed by atoms with Crippen molar-refractivity contribution in [3.8, 4) is 5.75 Å². The number of thioether (sulfide) groups is 1. The largest absolute Gasteiger partial charge is 0.485 e. The van der Waals surface area contributed by atoms with Gasteiger partial charge in [-0.2, -0.15) is 0 Å². The van der Waals surface area contributed by atoms with E-state index in [4.69, 9.17) is 4.74 Å². The first kappa shape index (κ1) is 23.4. The van der Waals surface area contributed by atoms with E-state index in [9.17, 15) is 4.79 Å². The Kier molecular flexibility index (Phi) is 8.58. The number of nitrogens with zero attached hydrogens (tertiary/aromatic N) is 3. The second-order valence-corrected chi connectivity index (χ2v) is 9.42. The number of amides is 1. The number of carbonyl (C=O) groups is 1. The molecule has 1 saturated carbocycles. The van der Waals surface area contributed by atoms with Crippen LogP contribution in [-0.2, 0) is 17.9 Å². The molecule has 1 aliphatic rings. The van der Waals surface area contributed by atoms with Crippen molar-refractivity contribution in [3.63, 3.8) is 0 Å². The molecular weight excluding hydrogens is 408 g/mol. The van der Waals surface area contributed by atoms with Gasteiger partial charge in [0.1, 0.15) is 12.4 Å². The van der Waals surface area contributed by atoms with Gasteiger partial charge in [-0.3, -0.25) is 9.36 Å². The summed E-state index contributed by atoms with van der Waals surface area (Å²) < 4.78 is 8.11. The number of rotatable bonds is 10. The molecule has 2 aromatic rings. The molecule has 1 amide bonds. The number of hydrogen-bond donors (Lipinski definition) is 1. The van der Waals surface area contributed by atoms with E-state index in [1.54, 1.807) is 0 Å². The van der Waals surface area contributed by atoms with Crippen molar-refractivity contribution in [1.29, 1.82) is 0 Å². The highest BCUT2D eigenvalue weighted by Crippen LogP contribution is 2.28. The van der Waals surface area contributed by atoms with Crippen LogP contribution in [-0.4, -0.2) is 32.5 Å². The van der Waals surface area contributed by atoms with Crippen molar-refractivity contribution in [2.75, 3.05) is 5.75 Å². The van der Waals surface area contributed by atoms with Crippen molar-refractivity contribution >= 4 is 17.7 Å². The first-order chi connectivity index (χ1) is 15.0. The lowest BCUT2D eigenvalue weighted by molar-refractivity contribution is -0.119. The normalized spacial score (nSPS) is 14.6. The molecular formula is C24H34N4O2S. The van der Waals surface area contributed by atoms with Crippen LogP contribution in [0.15, 0.2) is 36.0 Å². The third-order valence-corrected chi connectivity index (χ3v) is 6.52. The lowest BCUT2D eigenvalue weighted by atomic mass is 9.95. The molecule has 0 radical (unpaired) electrons. The van der Waals surface area contributed by atoms with E-state index in [0.717, 1.165) is 30.0 Å². The Labute approximate surface area is 189 Å². The highest BCUT2D eigenvalue weighted by atomic mass is 32.2. The molecule has 7 heteroatoms. The molecule has 0 aliphatic heterocycles. The Bertz CT molecular complexity index is 888. The number of aryl methyl sites for hydroxylation is 1. The fourth-order valence-electron chi connectivity index (χ4n) is 3.88. The monoisotopic (exact) mass is 442 g/mol. The van der Waals surface area contributed by atoms with Crippen LogP contribution in [0, 0.1) is 6.92 Å². The number of ether oxygens (including phenoxy) is 1. The Morgan fingerprint density at radius 2 is 2.10 bits per heavy atom. The van der Waals surface area contributed by atoms with E-state index < -0.39 is 0 Å². The molecule has 1 fully saturated rings. The van der Waals surface area contributed by atoms with Gasteiger partial charge in [-0.1, -0.05) is 63.1 Å². The third kappa shape index (κ3) is 6.60. The smallest absolute Gasteiger partial charge is 0.230 e. The number of nitrogens with one attached hydrogen (secondary N) is 1. The van der Waals surface area contributed by atoms with Crippen molar-refractivity contribution in [2.24, 2.45) is 0 Å². The van der Waals surface area contributed by atoms with Gasteiger partial charge in [0, 0.05) is 12.6 Å². The average Bonchev–Trinajstić information content (AvgIpc) is 3.13. The predicted molar refractivity (Wildman–Crippen MR) is 126 cm³/mol. The molecule has 3 rings (SSSR count). The molecule has 0 saturated heterocycles. The fourth-order valence-corrected chi connectivity index (χ4v) is 4.66. The molecule has 0 atom stereocenters. The summed E-state index contributed by atoms with van der Waals surface area (Å²) in [6.45, 7) is 11.1. The van der Waals surface area contributed by atoms with Crippen LogP contribution in [0.5, 0.6) is 5.75 Å². The summed E-state index contributed by atoms with van der Waals surface area (Å²) in [7, 11) is 0. The molecule has 168 valence electrons. The molecule has 1 aromatic heterocycles. The minimum Gasteiger partial charge on any atom is -0.485 e. The van der Waals surface area contributed by atoms with Crippen LogP contribution in [0.25, 0.3) is 0 Å². The van der Waals surface area contributed by atoms with Gasteiger partial charge >= 0.3 is 0 Å². The summed E-state index contributed by atoms with van der Waals surface area (Å²) in [4.78, 5) is 12.4. The Hall–Kier alpha value is -2.28. The molecule has 0 bridgehead atoms. The first-order valence-corrected chi connectivity index (χ1v) is 12.1. The van der Waals surface area contributed by atoms with Crippen molar-refractivity contribution in [1.82, 2.24) is 20.1 Å². The summed E-state index contributed by atoms with van der Waals surface area (Å²) in [6.07, 6.45) is 7.66. The molecule has 1 aliphatic carbocycles. The minimum atomic E-state index is 0.0594. The molecule has 0 unspecified atom stereocenters. The highest BCUT2D eigenvalue weighted by Gasteiger charge is 2.18. The van der Waals surface area contributed by atoms with E-state index in [0.29, 0.717) is 36.0 Å². The Morgan fingerprint density at radius 1 is 1.32 bits per heavy atom. The van der Waals surface area contributed by atoms with Crippen LogP contribution >= 0.6 is 11.8 Å². The molecule has 0 spiro atoms. The lowest BCUT2D eigenvalue weighted by Crippen LogP contribution is -2.37. The standard InChI is InChI=1S/C24H34N4O2S/c1-5-13-28-22(15-30-21-14-18(4)11-12-20(21)17(2)3)26-27-24(28)31-16-23(29)25-19-9-7-6-8-10-19/h5,11-12,14,17,19H,1,6-10,13,15-16H2,2-4H3,(H,25,29). The summed E-state index contributed by atoms with van der Waals surface area (Å²) in [5.41, 5.74) is 2.33. The van der Waals surface area contributed by atoms with Gasteiger partial charge in [0.15, 0.2) is 11.0 Å².